The molecule has 1 aromatic carbocycles. The van der Waals surface area contributed by atoms with E-state index in [1.165, 1.54) is 10.3 Å². The third-order valence-electron chi connectivity index (χ3n) is 3.28. The van der Waals surface area contributed by atoms with E-state index in [2.05, 4.69) is 27.8 Å². The van der Waals surface area contributed by atoms with Crippen molar-refractivity contribution in [2.24, 2.45) is 0 Å². The fourth-order valence-corrected chi connectivity index (χ4v) is 3.04. The first-order chi connectivity index (χ1) is 10.9. The number of pyridine rings is 1. The topological polar surface area (TPSA) is 43.4 Å². The summed E-state index contributed by atoms with van der Waals surface area (Å²) in [5.74, 6) is 0.868. The SMILES string of the molecule is COCCOc1cccc(CNc2ccnc3ccsc23)c1. The molecule has 0 aliphatic heterocycles. The van der Waals surface area contributed by atoms with Crippen molar-refractivity contribution in [2.75, 3.05) is 25.6 Å². The number of hydrogen-bond donors (Lipinski definition) is 1. The molecule has 0 amide bonds. The summed E-state index contributed by atoms with van der Waals surface area (Å²) in [6, 6.07) is 12.2. The van der Waals surface area contributed by atoms with Gasteiger partial charge in [-0.2, -0.15) is 0 Å². The van der Waals surface area contributed by atoms with E-state index < -0.39 is 0 Å². The molecular weight excluding hydrogens is 296 g/mol. The number of rotatable bonds is 7. The largest absolute Gasteiger partial charge is 0.491 e. The van der Waals surface area contributed by atoms with Gasteiger partial charge in [0, 0.05) is 19.9 Å². The molecule has 0 fully saturated rings. The predicted octanol–water partition coefficient (Wildman–Crippen LogP) is 3.93. The van der Waals surface area contributed by atoms with E-state index in [1.807, 2.05) is 30.5 Å². The normalized spacial score (nSPS) is 10.8. The second kappa shape index (κ2) is 7.24. The number of nitrogens with zero attached hydrogens (tertiary/aromatic N) is 1. The summed E-state index contributed by atoms with van der Waals surface area (Å²) in [4.78, 5) is 4.35. The van der Waals surface area contributed by atoms with Crippen molar-refractivity contribution in [3.8, 4) is 5.75 Å². The van der Waals surface area contributed by atoms with Crippen LogP contribution >= 0.6 is 11.3 Å². The fourth-order valence-electron chi connectivity index (χ4n) is 2.20. The van der Waals surface area contributed by atoms with Crippen LogP contribution in [-0.2, 0) is 11.3 Å². The van der Waals surface area contributed by atoms with Gasteiger partial charge in [0.2, 0.25) is 0 Å². The summed E-state index contributed by atoms with van der Waals surface area (Å²) < 4.78 is 11.8. The third kappa shape index (κ3) is 3.55. The smallest absolute Gasteiger partial charge is 0.119 e. The predicted molar refractivity (Wildman–Crippen MR) is 90.8 cm³/mol. The number of nitrogens with one attached hydrogen (secondary N) is 1. The molecule has 5 heteroatoms. The van der Waals surface area contributed by atoms with Gasteiger partial charge in [-0.1, -0.05) is 12.1 Å². The number of aromatic nitrogens is 1. The number of thiophene rings is 1. The zero-order valence-corrected chi connectivity index (χ0v) is 13.2. The maximum atomic E-state index is 5.64. The molecule has 0 bridgehead atoms. The van der Waals surface area contributed by atoms with E-state index >= 15 is 0 Å². The summed E-state index contributed by atoms with van der Waals surface area (Å²) in [5, 5.41) is 5.54. The Morgan fingerprint density at radius 3 is 3.05 bits per heavy atom. The number of hydrogen-bond acceptors (Lipinski definition) is 5. The van der Waals surface area contributed by atoms with Crippen LogP contribution in [0.15, 0.2) is 48.0 Å². The van der Waals surface area contributed by atoms with Gasteiger partial charge in [0.25, 0.3) is 0 Å². The Bertz CT molecular complexity index is 742. The minimum absolute atomic E-state index is 0.563. The van der Waals surface area contributed by atoms with Gasteiger partial charge in [-0.3, -0.25) is 4.98 Å². The van der Waals surface area contributed by atoms with Crippen molar-refractivity contribution in [3.63, 3.8) is 0 Å². The molecule has 4 nitrogen and oxygen atoms in total. The first-order valence-corrected chi connectivity index (χ1v) is 8.01. The van der Waals surface area contributed by atoms with Crippen LogP contribution in [-0.4, -0.2) is 25.3 Å². The summed E-state index contributed by atoms with van der Waals surface area (Å²) in [5.41, 5.74) is 3.33. The minimum Gasteiger partial charge on any atom is -0.491 e. The van der Waals surface area contributed by atoms with E-state index in [0.29, 0.717) is 13.2 Å². The minimum atomic E-state index is 0.563. The maximum Gasteiger partial charge on any atom is 0.119 e. The van der Waals surface area contributed by atoms with Gasteiger partial charge >= 0.3 is 0 Å². The van der Waals surface area contributed by atoms with E-state index in [9.17, 15) is 0 Å². The van der Waals surface area contributed by atoms with Crippen molar-refractivity contribution in [2.45, 2.75) is 6.54 Å². The Balaban J connectivity index is 1.66. The van der Waals surface area contributed by atoms with Crippen LogP contribution in [0.3, 0.4) is 0 Å². The fraction of sp³-hybridized carbons (Fsp3) is 0.235. The van der Waals surface area contributed by atoms with Crippen LogP contribution < -0.4 is 10.1 Å². The molecule has 0 aliphatic carbocycles. The molecule has 22 heavy (non-hydrogen) atoms. The summed E-state index contributed by atoms with van der Waals surface area (Å²) in [7, 11) is 1.67. The Morgan fingerprint density at radius 1 is 1.18 bits per heavy atom. The van der Waals surface area contributed by atoms with Gasteiger partial charge in [0.05, 0.1) is 22.5 Å². The molecule has 0 saturated carbocycles. The number of benzene rings is 1. The first-order valence-electron chi connectivity index (χ1n) is 7.13. The molecule has 0 spiro atoms. The van der Waals surface area contributed by atoms with Crippen molar-refractivity contribution in [3.05, 3.63) is 53.5 Å². The van der Waals surface area contributed by atoms with Gasteiger partial charge in [0.1, 0.15) is 12.4 Å². The molecule has 0 aliphatic rings. The quantitative estimate of drug-likeness (QED) is 0.671. The van der Waals surface area contributed by atoms with Crippen molar-refractivity contribution >= 4 is 27.2 Å². The zero-order chi connectivity index (χ0) is 15.2. The van der Waals surface area contributed by atoms with E-state index in [-0.39, 0.29) is 0 Å². The molecule has 2 heterocycles. The lowest BCUT2D eigenvalue weighted by atomic mass is 10.2. The van der Waals surface area contributed by atoms with Crippen LogP contribution in [0.25, 0.3) is 10.2 Å². The second-order valence-corrected chi connectivity index (χ2v) is 5.75. The Morgan fingerprint density at radius 2 is 2.14 bits per heavy atom. The molecule has 0 atom stereocenters. The summed E-state index contributed by atoms with van der Waals surface area (Å²) in [6.07, 6.45) is 1.83. The van der Waals surface area contributed by atoms with Crippen molar-refractivity contribution in [1.29, 1.82) is 0 Å². The van der Waals surface area contributed by atoms with E-state index in [0.717, 1.165) is 23.5 Å². The highest BCUT2D eigenvalue weighted by molar-refractivity contribution is 7.17. The average Bonchev–Trinajstić information content (AvgIpc) is 3.03. The third-order valence-corrected chi connectivity index (χ3v) is 4.22. The molecule has 1 N–H and O–H groups in total. The zero-order valence-electron chi connectivity index (χ0n) is 12.4. The monoisotopic (exact) mass is 314 g/mol. The van der Waals surface area contributed by atoms with E-state index in [4.69, 9.17) is 9.47 Å². The standard InChI is InChI=1S/C17H18N2O2S/c1-20-8-9-21-14-4-2-3-13(11-14)12-19-15-5-7-18-16-6-10-22-17(15)16/h2-7,10-11H,8-9,12H2,1H3,(H,18,19). The van der Waals surface area contributed by atoms with Gasteiger partial charge in [-0.25, -0.2) is 0 Å². The molecule has 0 saturated heterocycles. The van der Waals surface area contributed by atoms with Crippen LogP contribution in [0, 0.1) is 0 Å². The number of methoxy groups -OCH3 is 1. The van der Waals surface area contributed by atoms with Gasteiger partial charge < -0.3 is 14.8 Å². The van der Waals surface area contributed by atoms with Gasteiger partial charge in [-0.05, 0) is 35.2 Å². The molecule has 3 rings (SSSR count). The summed E-state index contributed by atoms with van der Waals surface area (Å²) >= 11 is 1.70. The molecule has 0 radical (unpaired) electrons. The Kier molecular flexibility index (Phi) is 4.88. The van der Waals surface area contributed by atoms with Crippen LogP contribution in [0.1, 0.15) is 5.56 Å². The molecule has 3 aromatic rings. The first kappa shape index (κ1) is 14.8. The maximum absolute atomic E-state index is 5.64. The molecular formula is C17H18N2O2S. The molecule has 2 aromatic heterocycles. The van der Waals surface area contributed by atoms with Crippen LogP contribution in [0.4, 0.5) is 5.69 Å². The highest BCUT2D eigenvalue weighted by Crippen LogP contribution is 2.27. The highest BCUT2D eigenvalue weighted by Gasteiger charge is 2.03. The number of fused-ring (bicyclic) bond motifs is 1. The summed E-state index contributed by atoms with van der Waals surface area (Å²) in [6.45, 7) is 1.90. The number of ether oxygens (including phenoxy) is 2. The molecule has 114 valence electrons. The lowest BCUT2D eigenvalue weighted by Gasteiger charge is -2.10. The van der Waals surface area contributed by atoms with Crippen molar-refractivity contribution in [1.82, 2.24) is 4.98 Å². The lowest BCUT2D eigenvalue weighted by molar-refractivity contribution is 0.146. The Hall–Kier alpha value is -2.11. The lowest BCUT2D eigenvalue weighted by Crippen LogP contribution is -2.05. The average molecular weight is 314 g/mol. The van der Waals surface area contributed by atoms with Crippen LogP contribution in [0.2, 0.25) is 0 Å². The van der Waals surface area contributed by atoms with Crippen LogP contribution in [0.5, 0.6) is 5.75 Å². The molecule has 0 unspecified atom stereocenters. The second-order valence-electron chi connectivity index (χ2n) is 4.84. The van der Waals surface area contributed by atoms with Gasteiger partial charge in [-0.15, -0.1) is 11.3 Å². The van der Waals surface area contributed by atoms with Crippen molar-refractivity contribution < 1.29 is 9.47 Å². The van der Waals surface area contributed by atoms with E-state index in [1.54, 1.807) is 18.4 Å². The number of anilines is 1. The highest BCUT2D eigenvalue weighted by atomic mass is 32.1. The Labute approximate surface area is 133 Å². The van der Waals surface area contributed by atoms with Gasteiger partial charge in [0.15, 0.2) is 0 Å².